The van der Waals surface area contributed by atoms with Gasteiger partial charge in [0.05, 0.1) is 11.8 Å². The van der Waals surface area contributed by atoms with E-state index in [2.05, 4.69) is 22.3 Å². The largest absolute Gasteiger partial charge is 0.340 e. The molecular weight excluding hydrogens is 314 g/mol. The van der Waals surface area contributed by atoms with Gasteiger partial charge in [-0.1, -0.05) is 59.8 Å². The van der Waals surface area contributed by atoms with Crippen molar-refractivity contribution in [1.29, 1.82) is 0 Å². The average molecular weight is 331 g/mol. The van der Waals surface area contributed by atoms with Crippen LogP contribution in [0.2, 0.25) is 0 Å². The van der Waals surface area contributed by atoms with Crippen LogP contribution in [0.4, 0.5) is 0 Å². The lowest BCUT2D eigenvalue weighted by Gasteiger charge is -2.41. The number of carbonyl (C=O) groups excluding carboxylic acids is 1. The van der Waals surface area contributed by atoms with Crippen molar-refractivity contribution in [1.82, 2.24) is 15.0 Å². The van der Waals surface area contributed by atoms with Gasteiger partial charge in [-0.15, -0.1) is 0 Å². The number of hydrogen-bond acceptors (Lipinski definition) is 4. The van der Waals surface area contributed by atoms with Crippen LogP contribution in [0.25, 0.3) is 11.4 Å². The van der Waals surface area contributed by atoms with E-state index in [0.29, 0.717) is 24.8 Å². The molecule has 1 aliphatic heterocycles. The van der Waals surface area contributed by atoms with Gasteiger partial charge < -0.3 is 9.42 Å². The average Bonchev–Trinajstić information content (AvgIpc) is 3.05. The van der Waals surface area contributed by atoms with E-state index >= 15 is 0 Å². The zero-order valence-electron chi connectivity index (χ0n) is 13.6. The number of carbonyl (C=O) groups is 1. The Morgan fingerprint density at radius 2 is 1.80 bits per heavy atom. The predicted molar refractivity (Wildman–Crippen MR) is 91.9 cm³/mol. The third-order valence-electron chi connectivity index (χ3n) is 5.17. The van der Waals surface area contributed by atoms with Crippen molar-refractivity contribution in [2.75, 3.05) is 13.1 Å². The van der Waals surface area contributed by atoms with Crippen molar-refractivity contribution in [2.24, 2.45) is 0 Å². The van der Waals surface area contributed by atoms with Crippen molar-refractivity contribution in [2.45, 2.75) is 18.3 Å². The van der Waals surface area contributed by atoms with Crippen molar-refractivity contribution in [3.8, 4) is 11.4 Å². The van der Waals surface area contributed by atoms with Crippen LogP contribution in [0, 0.1) is 0 Å². The van der Waals surface area contributed by atoms with Crippen molar-refractivity contribution < 1.29 is 9.32 Å². The molecule has 0 N–H and O–H groups in total. The first-order chi connectivity index (χ1) is 12.3. The van der Waals surface area contributed by atoms with Gasteiger partial charge in [0.1, 0.15) is 0 Å². The Morgan fingerprint density at radius 1 is 1.04 bits per heavy atom. The normalized spacial score (nSPS) is 19.0. The molecule has 3 aromatic rings. The van der Waals surface area contributed by atoms with E-state index in [4.69, 9.17) is 4.52 Å². The van der Waals surface area contributed by atoms with Gasteiger partial charge in [0.25, 0.3) is 0 Å². The van der Waals surface area contributed by atoms with E-state index in [1.54, 1.807) is 0 Å². The van der Waals surface area contributed by atoms with E-state index < -0.39 is 0 Å². The van der Waals surface area contributed by atoms with Crippen LogP contribution in [-0.2, 0) is 11.2 Å². The molecule has 0 radical (unpaired) electrons. The smallest absolute Gasteiger partial charge is 0.233 e. The summed E-state index contributed by atoms with van der Waals surface area (Å²) in [5.74, 6) is 1.62. The molecule has 0 spiro atoms. The fraction of sp³-hybridized carbons (Fsp3) is 0.250. The summed E-state index contributed by atoms with van der Waals surface area (Å²) in [6.07, 6.45) is 0.856. The second-order valence-electron chi connectivity index (χ2n) is 6.72. The highest BCUT2D eigenvalue weighted by molar-refractivity contribution is 5.87. The van der Waals surface area contributed by atoms with Gasteiger partial charge in [-0.05, 0) is 17.5 Å². The summed E-state index contributed by atoms with van der Waals surface area (Å²) in [5, 5.41) is 4.06. The molecule has 1 aliphatic carbocycles. The van der Waals surface area contributed by atoms with Crippen molar-refractivity contribution in [3.63, 3.8) is 0 Å². The topological polar surface area (TPSA) is 59.2 Å². The molecule has 2 aliphatic rings. The first kappa shape index (κ1) is 14.4. The number of amides is 1. The first-order valence-electron chi connectivity index (χ1n) is 8.55. The standard InChI is InChI=1S/C20H17N3O2/c24-20(17-10-14-8-4-5-9-16(14)17)23-11-15(12-23)19-21-18(22-25-19)13-6-2-1-3-7-13/h1-9,15,17H,10-12H2. The van der Waals surface area contributed by atoms with Crippen LogP contribution in [0.1, 0.15) is 28.9 Å². The highest BCUT2D eigenvalue weighted by Crippen LogP contribution is 2.38. The van der Waals surface area contributed by atoms with Crippen LogP contribution in [0.5, 0.6) is 0 Å². The molecule has 1 aromatic heterocycles. The maximum atomic E-state index is 12.6. The summed E-state index contributed by atoms with van der Waals surface area (Å²) in [6, 6.07) is 18.0. The van der Waals surface area contributed by atoms with Gasteiger partial charge in [0.15, 0.2) is 0 Å². The molecule has 1 saturated heterocycles. The number of rotatable bonds is 3. The summed E-state index contributed by atoms with van der Waals surface area (Å²) in [6.45, 7) is 1.32. The molecule has 2 aromatic carbocycles. The van der Waals surface area contributed by atoms with Gasteiger partial charge in [0.2, 0.25) is 17.6 Å². The molecule has 0 bridgehead atoms. The fourth-order valence-corrected chi connectivity index (χ4v) is 3.62. The summed E-state index contributed by atoms with van der Waals surface area (Å²) in [7, 11) is 0. The third-order valence-corrected chi connectivity index (χ3v) is 5.17. The maximum absolute atomic E-state index is 12.6. The van der Waals surface area contributed by atoms with Gasteiger partial charge in [0, 0.05) is 18.7 Å². The highest BCUT2D eigenvalue weighted by atomic mass is 16.5. The van der Waals surface area contributed by atoms with Crippen LogP contribution in [-0.4, -0.2) is 34.0 Å². The molecule has 25 heavy (non-hydrogen) atoms. The Kier molecular flexibility index (Phi) is 3.20. The SMILES string of the molecule is O=C(C1Cc2ccccc21)N1CC(c2nc(-c3ccccc3)no2)C1. The van der Waals surface area contributed by atoms with Crippen LogP contribution < -0.4 is 0 Å². The Hall–Kier alpha value is -2.95. The zero-order chi connectivity index (χ0) is 16.8. The number of nitrogens with zero attached hydrogens (tertiary/aromatic N) is 3. The molecule has 1 atom stereocenters. The Balaban J connectivity index is 1.24. The molecular formula is C20H17N3O2. The van der Waals surface area contributed by atoms with Crippen LogP contribution in [0.3, 0.4) is 0 Å². The molecule has 5 rings (SSSR count). The molecule has 0 saturated carbocycles. The Bertz CT molecular complexity index is 929. The number of likely N-dealkylation sites (tertiary alicyclic amines) is 1. The minimum atomic E-state index is 0.0275. The van der Waals surface area contributed by atoms with E-state index in [9.17, 15) is 4.79 Å². The molecule has 2 heterocycles. The maximum Gasteiger partial charge on any atom is 0.233 e. The third kappa shape index (κ3) is 2.35. The van der Waals surface area contributed by atoms with Gasteiger partial charge in [-0.25, -0.2) is 0 Å². The fourth-order valence-electron chi connectivity index (χ4n) is 3.62. The van der Waals surface area contributed by atoms with Gasteiger partial charge in [-0.2, -0.15) is 4.98 Å². The molecule has 1 amide bonds. The van der Waals surface area contributed by atoms with Crippen LogP contribution >= 0.6 is 0 Å². The Labute approximate surface area is 145 Å². The second kappa shape index (κ2) is 5.55. The van der Waals surface area contributed by atoms with Gasteiger partial charge >= 0.3 is 0 Å². The molecule has 5 heteroatoms. The molecule has 124 valence electrons. The number of benzene rings is 2. The minimum absolute atomic E-state index is 0.0275. The van der Waals surface area contributed by atoms with Crippen molar-refractivity contribution >= 4 is 5.91 Å². The Morgan fingerprint density at radius 3 is 2.60 bits per heavy atom. The lowest BCUT2D eigenvalue weighted by atomic mass is 9.76. The molecule has 1 unspecified atom stereocenters. The first-order valence-corrected chi connectivity index (χ1v) is 8.55. The summed E-state index contributed by atoms with van der Waals surface area (Å²) in [5.41, 5.74) is 3.42. The number of fused-ring (bicyclic) bond motifs is 1. The molecule has 1 fully saturated rings. The van der Waals surface area contributed by atoms with E-state index in [0.717, 1.165) is 12.0 Å². The predicted octanol–water partition coefficient (Wildman–Crippen LogP) is 3.00. The second-order valence-corrected chi connectivity index (χ2v) is 6.72. The lowest BCUT2D eigenvalue weighted by molar-refractivity contribution is -0.138. The number of hydrogen-bond donors (Lipinski definition) is 0. The van der Waals surface area contributed by atoms with E-state index in [1.165, 1.54) is 11.1 Å². The van der Waals surface area contributed by atoms with Gasteiger partial charge in [-0.3, -0.25) is 4.79 Å². The zero-order valence-corrected chi connectivity index (χ0v) is 13.6. The lowest BCUT2D eigenvalue weighted by Crippen LogP contribution is -2.51. The highest BCUT2D eigenvalue weighted by Gasteiger charge is 2.41. The number of aromatic nitrogens is 2. The minimum Gasteiger partial charge on any atom is -0.340 e. The summed E-state index contributed by atoms with van der Waals surface area (Å²) < 4.78 is 5.41. The molecule has 5 nitrogen and oxygen atoms in total. The van der Waals surface area contributed by atoms with E-state index in [-0.39, 0.29) is 17.7 Å². The quantitative estimate of drug-likeness (QED) is 0.740. The summed E-state index contributed by atoms with van der Waals surface area (Å²) >= 11 is 0. The van der Waals surface area contributed by atoms with Crippen LogP contribution in [0.15, 0.2) is 59.1 Å². The summed E-state index contributed by atoms with van der Waals surface area (Å²) in [4.78, 5) is 19.0. The van der Waals surface area contributed by atoms with Crippen molar-refractivity contribution in [3.05, 3.63) is 71.6 Å². The van der Waals surface area contributed by atoms with E-state index in [1.807, 2.05) is 47.4 Å². The monoisotopic (exact) mass is 331 g/mol.